The Hall–Kier alpha value is -4.33. The summed E-state index contributed by atoms with van der Waals surface area (Å²) in [7, 11) is 1.35. The van der Waals surface area contributed by atoms with E-state index in [4.69, 9.17) is 21.1 Å². The first-order valence-corrected chi connectivity index (χ1v) is 13.9. The third-order valence-corrected chi connectivity index (χ3v) is 7.31. The van der Waals surface area contributed by atoms with E-state index in [-0.39, 0.29) is 5.91 Å². The second kappa shape index (κ2) is 12.9. The lowest BCUT2D eigenvalue weighted by Crippen LogP contribution is -2.46. The molecule has 0 bridgehead atoms. The van der Waals surface area contributed by atoms with Gasteiger partial charge in [0.25, 0.3) is 0 Å². The van der Waals surface area contributed by atoms with E-state index in [1.54, 1.807) is 30.3 Å². The summed E-state index contributed by atoms with van der Waals surface area (Å²) >= 11 is 6.11. The summed E-state index contributed by atoms with van der Waals surface area (Å²) in [5.41, 5.74) is 5.56. The smallest absolute Gasteiger partial charge is 0.341 e. The number of methoxy groups -OCH3 is 1. The van der Waals surface area contributed by atoms with Crippen LogP contribution >= 0.6 is 11.6 Å². The number of esters is 1. The van der Waals surface area contributed by atoms with Crippen molar-refractivity contribution < 1.29 is 19.1 Å². The lowest BCUT2D eigenvalue weighted by molar-refractivity contribution is -0.114. The third-order valence-electron chi connectivity index (χ3n) is 7.06. The predicted molar refractivity (Wildman–Crippen MR) is 163 cm³/mol. The molecule has 4 aromatic rings. The number of hydrogen-bond donors (Lipinski definition) is 1. The minimum atomic E-state index is -0.478. The van der Waals surface area contributed by atoms with Crippen molar-refractivity contribution in [3.05, 3.63) is 107 Å². The van der Waals surface area contributed by atoms with Gasteiger partial charge in [-0.1, -0.05) is 54.1 Å². The molecule has 7 nitrogen and oxygen atoms in total. The maximum atomic E-state index is 12.5. The van der Waals surface area contributed by atoms with E-state index in [9.17, 15) is 9.59 Å². The molecule has 210 valence electrons. The van der Waals surface area contributed by atoms with Crippen molar-refractivity contribution in [2.24, 2.45) is 0 Å². The Balaban J connectivity index is 1.29. The molecule has 0 unspecified atom stereocenters. The normalized spacial score (nSPS) is 13.5. The van der Waals surface area contributed by atoms with Crippen molar-refractivity contribution in [1.82, 2.24) is 4.90 Å². The zero-order chi connectivity index (χ0) is 28.8. The standard InChI is InChI=1S/C33H32ClN3O4/c1-23(38)35-27-7-5-8-29(20-27)41-32-21-28(14-15-31(32)33(39)40-2)37-18-16-36(17-19-37)22-25-6-3-4-9-30(25)24-10-12-26(34)13-11-24/h3-15,20-21H,16-19,22H2,1-2H3,(H,35,38). The van der Waals surface area contributed by atoms with Crippen LogP contribution in [0.1, 0.15) is 22.8 Å². The Morgan fingerprint density at radius 1 is 0.878 bits per heavy atom. The third kappa shape index (κ3) is 7.06. The Morgan fingerprint density at radius 2 is 1.63 bits per heavy atom. The molecule has 4 aromatic carbocycles. The van der Waals surface area contributed by atoms with E-state index in [1.165, 1.54) is 25.2 Å². The number of amides is 1. The maximum absolute atomic E-state index is 12.5. The Kier molecular flexibility index (Phi) is 8.87. The number of hydrogen-bond acceptors (Lipinski definition) is 6. The lowest BCUT2D eigenvalue weighted by Gasteiger charge is -2.36. The van der Waals surface area contributed by atoms with Crippen LogP contribution < -0.4 is 15.0 Å². The molecule has 1 aliphatic heterocycles. The van der Waals surface area contributed by atoms with Crippen LogP contribution in [0.4, 0.5) is 11.4 Å². The largest absolute Gasteiger partial charge is 0.465 e. The minimum Gasteiger partial charge on any atom is -0.465 e. The fourth-order valence-electron chi connectivity index (χ4n) is 5.01. The molecule has 41 heavy (non-hydrogen) atoms. The average Bonchev–Trinajstić information content (AvgIpc) is 2.98. The van der Waals surface area contributed by atoms with Crippen LogP contribution in [-0.2, 0) is 16.1 Å². The summed E-state index contributed by atoms with van der Waals surface area (Å²) in [5.74, 6) is 0.247. The van der Waals surface area contributed by atoms with Crippen molar-refractivity contribution in [2.45, 2.75) is 13.5 Å². The molecule has 5 rings (SSSR count). The molecule has 1 heterocycles. The van der Waals surface area contributed by atoms with Crippen molar-refractivity contribution in [3.63, 3.8) is 0 Å². The first-order valence-electron chi connectivity index (χ1n) is 13.5. The molecule has 1 aliphatic rings. The summed E-state index contributed by atoms with van der Waals surface area (Å²) < 4.78 is 11.1. The maximum Gasteiger partial charge on any atom is 0.341 e. The summed E-state index contributed by atoms with van der Waals surface area (Å²) in [6.45, 7) is 5.75. The van der Waals surface area contributed by atoms with Crippen molar-refractivity contribution in [2.75, 3.05) is 43.5 Å². The number of carbonyl (C=O) groups excluding carboxylic acids is 2. The summed E-state index contributed by atoms with van der Waals surface area (Å²) in [6, 6.07) is 29.1. The van der Waals surface area contributed by atoms with Gasteiger partial charge in [-0.3, -0.25) is 9.69 Å². The molecular weight excluding hydrogens is 538 g/mol. The molecule has 1 amide bonds. The van der Waals surface area contributed by atoms with E-state index >= 15 is 0 Å². The number of benzene rings is 4. The predicted octanol–water partition coefficient (Wildman–Crippen LogP) is 6.87. The van der Waals surface area contributed by atoms with Gasteiger partial charge in [0.05, 0.1) is 7.11 Å². The summed E-state index contributed by atoms with van der Waals surface area (Å²) in [6.07, 6.45) is 0. The van der Waals surface area contributed by atoms with Gasteiger partial charge in [0.2, 0.25) is 5.91 Å². The molecule has 1 saturated heterocycles. The average molecular weight is 570 g/mol. The van der Waals surface area contributed by atoms with E-state index in [1.807, 2.05) is 24.3 Å². The molecule has 0 aromatic heterocycles. The zero-order valence-electron chi connectivity index (χ0n) is 23.1. The highest BCUT2D eigenvalue weighted by molar-refractivity contribution is 6.30. The molecule has 0 aliphatic carbocycles. The second-order valence-electron chi connectivity index (χ2n) is 9.91. The number of rotatable bonds is 8. The molecule has 8 heteroatoms. The summed E-state index contributed by atoms with van der Waals surface area (Å²) in [5, 5.41) is 3.48. The van der Waals surface area contributed by atoms with Crippen molar-refractivity contribution >= 4 is 34.9 Å². The molecule has 0 spiro atoms. The Labute approximate surface area is 245 Å². The Bertz CT molecular complexity index is 1530. The molecule has 0 saturated carbocycles. The van der Waals surface area contributed by atoms with Crippen LogP contribution in [0.5, 0.6) is 11.5 Å². The zero-order valence-corrected chi connectivity index (χ0v) is 23.9. The van der Waals surface area contributed by atoms with Crippen molar-refractivity contribution in [1.29, 1.82) is 0 Å². The highest BCUT2D eigenvalue weighted by Gasteiger charge is 2.21. The highest BCUT2D eigenvalue weighted by Crippen LogP contribution is 2.33. The molecule has 0 radical (unpaired) electrons. The molecule has 1 N–H and O–H groups in total. The van der Waals surface area contributed by atoms with Crippen LogP contribution in [0.3, 0.4) is 0 Å². The van der Waals surface area contributed by atoms with Gasteiger partial charge in [0.15, 0.2) is 0 Å². The quantitative estimate of drug-likeness (QED) is 0.234. The monoisotopic (exact) mass is 569 g/mol. The van der Waals surface area contributed by atoms with Crippen LogP contribution in [-0.4, -0.2) is 50.1 Å². The number of carbonyl (C=O) groups is 2. The number of anilines is 2. The highest BCUT2D eigenvalue weighted by atomic mass is 35.5. The fourth-order valence-corrected chi connectivity index (χ4v) is 5.14. The van der Waals surface area contributed by atoms with E-state index < -0.39 is 5.97 Å². The molecule has 1 fully saturated rings. The van der Waals surface area contributed by atoms with Gasteiger partial charge in [0.1, 0.15) is 17.1 Å². The SMILES string of the molecule is COC(=O)c1ccc(N2CCN(Cc3ccccc3-c3ccc(Cl)cc3)CC2)cc1Oc1cccc(NC(C)=O)c1. The lowest BCUT2D eigenvalue weighted by atomic mass is 9.99. The first kappa shape index (κ1) is 28.2. The van der Waals surface area contributed by atoms with Crippen LogP contribution in [0.25, 0.3) is 11.1 Å². The topological polar surface area (TPSA) is 71.1 Å². The fraction of sp³-hybridized carbons (Fsp3) is 0.212. The van der Waals surface area contributed by atoms with Crippen molar-refractivity contribution in [3.8, 4) is 22.6 Å². The number of halogens is 1. The number of nitrogens with zero attached hydrogens (tertiary/aromatic N) is 2. The van der Waals surface area contributed by atoms with Gasteiger partial charge in [-0.05, 0) is 53.1 Å². The number of nitrogens with one attached hydrogen (secondary N) is 1. The van der Waals surface area contributed by atoms with Crippen LogP contribution in [0, 0.1) is 0 Å². The summed E-state index contributed by atoms with van der Waals surface area (Å²) in [4.78, 5) is 28.7. The van der Waals surface area contributed by atoms with E-state index in [2.05, 4.69) is 51.5 Å². The van der Waals surface area contributed by atoms with Gasteiger partial charge in [0, 0.05) is 68.2 Å². The van der Waals surface area contributed by atoms with Gasteiger partial charge in [-0.2, -0.15) is 0 Å². The van der Waals surface area contributed by atoms with Crippen LogP contribution in [0.2, 0.25) is 5.02 Å². The van der Waals surface area contributed by atoms with Gasteiger partial charge >= 0.3 is 5.97 Å². The molecule has 0 atom stereocenters. The number of ether oxygens (including phenoxy) is 2. The first-order chi connectivity index (χ1) is 19.9. The number of piperazine rings is 1. The molecular formula is C33H32ClN3O4. The van der Waals surface area contributed by atoms with E-state index in [0.717, 1.165) is 49.0 Å². The van der Waals surface area contributed by atoms with Gasteiger partial charge in [-0.25, -0.2) is 4.79 Å². The second-order valence-corrected chi connectivity index (χ2v) is 10.3. The Morgan fingerprint density at radius 3 is 2.37 bits per heavy atom. The van der Waals surface area contributed by atoms with Gasteiger partial charge in [-0.15, -0.1) is 0 Å². The van der Waals surface area contributed by atoms with Gasteiger partial charge < -0.3 is 19.7 Å². The van der Waals surface area contributed by atoms with Crippen LogP contribution in [0.15, 0.2) is 91.0 Å². The minimum absolute atomic E-state index is 0.174. The van der Waals surface area contributed by atoms with E-state index in [0.29, 0.717) is 22.7 Å².